The normalized spacial score (nSPS) is 10.7. The van der Waals surface area contributed by atoms with Crippen LogP contribution in [0.5, 0.6) is 0 Å². The van der Waals surface area contributed by atoms with E-state index in [0.717, 1.165) is 9.69 Å². The van der Waals surface area contributed by atoms with Crippen LogP contribution in [0.2, 0.25) is 0 Å². The molecule has 0 aliphatic heterocycles. The van der Waals surface area contributed by atoms with E-state index in [9.17, 15) is 5.21 Å². The molecule has 0 spiro atoms. The highest BCUT2D eigenvalue weighted by molar-refractivity contribution is 7.14. The van der Waals surface area contributed by atoms with Crippen molar-refractivity contribution >= 4 is 16.3 Å². The first-order valence-electron chi connectivity index (χ1n) is 2.51. The summed E-state index contributed by atoms with van der Waals surface area (Å²) in [5, 5.41) is 12.6. The highest BCUT2D eigenvalue weighted by Gasteiger charge is 2.02. The van der Waals surface area contributed by atoms with Crippen LogP contribution in [0, 0.1) is 5.21 Å². The van der Waals surface area contributed by atoms with Crippen LogP contribution < -0.4 is 4.73 Å². The van der Waals surface area contributed by atoms with Gasteiger partial charge in [0.05, 0.1) is 0 Å². The Bertz CT molecular complexity index is 324. The number of nitrogens with zero attached hydrogens (tertiary/aromatic N) is 2. The van der Waals surface area contributed by atoms with Gasteiger partial charge in [-0.3, -0.25) is 0 Å². The van der Waals surface area contributed by atoms with Gasteiger partial charge in [0.1, 0.15) is 18.6 Å². The van der Waals surface area contributed by atoms with Crippen molar-refractivity contribution in [1.82, 2.24) is 4.40 Å². The van der Waals surface area contributed by atoms with Crippen molar-refractivity contribution in [3.05, 3.63) is 29.2 Å². The van der Waals surface area contributed by atoms with E-state index in [2.05, 4.69) is 0 Å². The molecular weight excluding hydrogens is 136 g/mol. The van der Waals surface area contributed by atoms with E-state index in [1.54, 1.807) is 10.6 Å². The van der Waals surface area contributed by atoms with Crippen molar-refractivity contribution in [2.75, 3.05) is 0 Å². The van der Waals surface area contributed by atoms with Crippen LogP contribution in [-0.2, 0) is 0 Å². The van der Waals surface area contributed by atoms with Crippen LogP contribution in [-0.4, -0.2) is 4.40 Å². The largest absolute Gasteiger partial charge is 0.710 e. The van der Waals surface area contributed by atoms with Gasteiger partial charge in [-0.2, -0.15) is 4.40 Å². The number of thiazole rings is 1. The van der Waals surface area contributed by atoms with Crippen molar-refractivity contribution < 1.29 is 4.73 Å². The van der Waals surface area contributed by atoms with E-state index in [4.69, 9.17) is 0 Å². The zero-order chi connectivity index (χ0) is 6.27. The maximum absolute atomic E-state index is 10.7. The number of rotatable bonds is 0. The summed E-state index contributed by atoms with van der Waals surface area (Å²) < 4.78 is 2.64. The lowest BCUT2D eigenvalue weighted by Gasteiger charge is -1.89. The second kappa shape index (κ2) is 1.48. The highest BCUT2D eigenvalue weighted by atomic mass is 32.1. The molecule has 0 aromatic carbocycles. The molecule has 2 rings (SSSR count). The zero-order valence-corrected chi connectivity index (χ0v) is 5.34. The molecule has 0 radical (unpaired) electrons. The van der Waals surface area contributed by atoms with Crippen LogP contribution in [0.4, 0.5) is 0 Å². The first-order chi connectivity index (χ1) is 4.38. The van der Waals surface area contributed by atoms with Gasteiger partial charge in [-0.05, 0) is 0 Å². The molecule has 0 fully saturated rings. The van der Waals surface area contributed by atoms with Crippen LogP contribution >= 0.6 is 11.3 Å². The summed E-state index contributed by atoms with van der Waals surface area (Å²) in [6.07, 6.45) is 5.08. The molecule has 0 unspecified atom stereocenters. The van der Waals surface area contributed by atoms with Crippen molar-refractivity contribution in [3.63, 3.8) is 0 Å². The summed E-state index contributed by atoms with van der Waals surface area (Å²) in [7, 11) is 0. The van der Waals surface area contributed by atoms with Crippen LogP contribution in [0.3, 0.4) is 0 Å². The molecule has 46 valence electrons. The van der Waals surface area contributed by atoms with Gasteiger partial charge in [-0.15, -0.1) is 0 Å². The van der Waals surface area contributed by atoms with Gasteiger partial charge >= 0.3 is 4.96 Å². The molecule has 3 nitrogen and oxygen atoms in total. The predicted molar refractivity (Wildman–Crippen MR) is 34.2 cm³/mol. The summed E-state index contributed by atoms with van der Waals surface area (Å²) >= 11 is 1.43. The Morgan fingerprint density at radius 3 is 3.22 bits per heavy atom. The van der Waals surface area contributed by atoms with E-state index in [-0.39, 0.29) is 0 Å². The maximum Gasteiger partial charge on any atom is 0.348 e. The summed E-state index contributed by atoms with van der Waals surface area (Å²) in [4.78, 5) is 0.718. The van der Waals surface area contributed by atoms with Gasteiger partial charge in [0.2, 0.25) is 0 Å². The molecule has 9 heavy (non-hydrogen) atoms. The minimum Gasteiger partial charge on any atom is -0.710 e. The third-order valence-electron chi connectivity index (χ3n) is 1.17. The third kappa shape index (κ3) is 0.533. The second-order valence-electron chi connectivity index (χ2n) is 1.72. The number of aromatic nitrogens is 2. The van der Waals surface area contributed by atoms with Gasteiger partial charge in [0.25, 0.3) is 0 Å². The quantitative estimate of drug-likeness (QED) is 0.390. The third-order valence-corrected chi connectivity index (χ3v) is 2.03. The molecule has 0 saturated carbocycles. The Morgan fingerprint density at radius 2 is 2.44 bits per heavy atom. The highest BCUT2D eigenvalue weighted by Crippen LogP contribution is 2.04. The number of fused-ring (bicyclic) bond motifs is 1. The molecule has 4 heteroatoms. The van der Waals surface area contributed by atoms with E-state index >= 15 is 0 Å². The topological polar surface area (TPSA) is 31.3 Å². The van der Waals surface area contributed by atoms with Gasteiger partial charge in [-0.25, -0.2) is 4.73 Å². The van der Waals surface area contributed by atoms with Gasteiger partial charge in [-0.1, -0.05) is 11.3 Å². The van der Waals surface area contributed by atoms with Crippen molar-refractivity contribution in [1.29, 1.82) is 0 Å². The van der Waals surface area contributed by atoms with Gasteiger partial charge < -0.3 is 5.21 Å². The number of imidazole rings is 1. The Morgan fingerprint density at radius 1 is 1.56 bits per heavy atom. The summed E-state index contributed by atoms with van der Waals surface area (Å²) in [5.41, 5.74) is 0. The van der Waals surface area contributed by atoms with Crippen molar-refractivity contribution in [2.24, 2.45) is 0 Å². The van der Waals surface area contributed by atoms with E-state index in [0.29, 0.717) is 0 Å². The smallest absolute Gasteiger partial charge is 0.348 e. The van der Waals surface area contributed by atoms with Crippen molar-refractivity contribution in [3.8, 4) is 0 Å². The molecule has 0 aliphatic rings. The van der Waals surface area contributed by atoms with E-state index in [1.165, 1.54) is 17.5 Å². The minimum absolute atomic E-state index is 0.718. The maximum atomic E-state index is 10.7. The molecule has 0 N–H and O–H groups in total. The van der Waals surface area contributed by atoms with Crippen LogP contribution in [0.25, 0.3) is 4.96 Å². The van der Waals surface area contributed by atoms with Crippen LogP contribution in [0.15, 0.2) is 24.0 Å². The molecule has 0 atom stereocenters. The SMILES string of the molecule is [O-][n+]1ccn2ccsc21. The lowest BCUT2D eigenvalue weighted by molar-refractivity contribution is -0.574. The monoisotopic (exact) mass is 140 g/mol. The number of hydrogen-bond donors (Lipinski definition) is 0. The fourth-order valence-electron chi connectivity index (χ4n) is 0.757. The molecule has 2 heterocycles. The average Bonchev–Trinajstić information content (AvgIpc) is 2.35. The summed E-state index contributed by atoms with van der Waals surface area (Å²) in [6.45, 7) is 0. The first-order valence-corrected chi connectivity index (χ1v) is 3.39. The summed E-state index contributed by atoms with van der Waals surface area (Å²) in [6, 6.07) is 0. The lowest BCUT2D eigenvalue weighted by Crippen LogP contribution is -2.21. The number of hydrogen-bond acceptors (Lipinski definition) is 2. The Labute approximate surface area is 55.4 Å². The zero-order valence-electron chi connectivity index (χ0n) is 4.52. The molecule has 0 bridgehead atoms. The fraction of sp³-hybridized carbons (Fsp3) is 0. The lowest BCUT2D eigenvalue weighted by atomic mass is 10.9. The standard InChI is InChI=1S/C5H4N2OS/c8-7-2-1-6-3-4-9-5(6)7/h1-4H. The Kier molecular flexibility index (Phi) is 0.790. The van der Waals surface area contributed by atoms with Gasteiger partial charge in [0, 0.05) is 5.38 Å². The molecule has 2 aromatic rings. The Hall–Kier alpha value is -1.03. The van der Waals surface area contributed by atoms with E-state index in [1.807, 2.05) is 11.6 Å². The average molecular weight is 140 g/mol. The second-order valence-corrected chi connectivity index (χ2v) is 2.59. The minimum atomic E-state index is 0.718. The molecule has 0 saturated heterocycles. The Balaban J connectivity index is 2.99. The van der Waals surface area contributed by atoms with Gasteiger partial charge in [0.15, 0.2) is 0 Å². The molecule has 0 amide bonds. The summed E-state index contributed by atoms with van der Waals surface area (Å²) in [5.74, 6) is 0. The van der Waals surface area contributed by atoms with Crippen LogP contribution in [0.1, 0.15) is 0 Å². The van der Waals surface area contributed by atoms with E-state index < -0.39 is 0 Å². The fourth-order valence-corrected chi connectivity index (χ4v) is 1.48. The predicted octanol–water partition coefficient (Wildman–Crippen LogP) is 0.634. The molecule has 2 aromatic heterocycles. The first kappa shape index (κ1) is 4.81. The molecular formula is C5H4N2OS. The van der Waals surface area contributed by atoms with Crippen molar-refractivity contribution in [2.45, 2.75) is 0 Å². The molecule has 0 aliphatic carbocycles.